The maximum Gasteiger partial charge on any atom is 0.219 e. The number of ketones is 2. The van der Waals surface area contributed by atoms with Crippen molar-refractivity contribution < 1.29 is 14.3 Å². The van der Waals surface area contributed by atoms with E-state index >= 15 is 0 Å². The van der Waals surface area contributed by atoms with Crippen molar-refractivity contribution in [1.82, 2.24) is 14.9 Å². The third-order valence-electron chi connectivity index (χ3n) is 6.90. The number of allylic oxidation sites excluding steroid dienone is 5. The Kier molecular flexibility index (Phi) is 10.2. The van der Waals surface area contributed by atoms with Gasteiger partial charge in [-0.25, -0.2) is 4.98 Å². The number of Topliss-reactive ketones (excluding diaryl/α,β-unsaturated/α-hetero) is 2. The number of rotatable bonds is 11. The second-order valence-electron chi connectivity index (χ2n) is 9.77. The van der Waals surface area contributed by atoms with Crippen LogP contribution in [0.2, 0.25) is 0 Å². The SMILES string of the molecule is C/C=C\C=C(/C)Nc1cc(OC[C@@H]2CCCN2C)nc(/C(N)=C(\CCC)C(=O)[C@H]2CCCCC2=O)n1. The van der Waals surface area contributed by atoms with E-state index in [1.807, 2.05) is 39.0 Å². The summed E-state index contributed by atoms with van der Waals surface area (Å²) in [7, 11) is 2.10. The first kappa shape index (κ1) is 27.6. The summed E-state index contributed by atoms with van der Waals surface area (Å²) in [6.07, 6.45) is 12.0. The highest BCUT2D eigenvalue weighted by Gasteiger charge is 2.32. The molecule has 196 valence electrons. The van der Waals surface area contributed by atoms with Crippen molar-refractivity contribution in [2.45, 2.75) is 78.2 Å². The molecule has 2 fully saturated rings. The molecule has 0 aromatic carbocycles. The number of nitrogens with one attached hydrogen (secondary N) is 1. The normalized spacial score (nSPS) is 22.1. The van der Waals surface area contributed by atoms with Crippen molar-refractivity contribution in [3.05, 3.63) is 41.4 Å². The standard InChI is InChI=1S/C28H41N5O3/c1-5-7-12-19(3)30-24-17-25(36-18-20-13-10-16-33(20)4)32-28(31-24)26(29)22(11-6-2)27(35)21-14-8-9-15-23(21)34/h5,7,12,17,20-21H,6,8-11,13-16,18,29H2,1-4H3,(H,30,31,32)/b7-5-,19-12+,26-22-/t20-,21-/m0/s1. The maximum atomic E-state index is 13.4. The van der Waals surface area contributed by atoms with Crippen LogP contribution in [0.5, 0.6) is 5.88 Å². The molecule has 2 aliphatic rings. The number of hydrogen-bond donors (Lipinski definition) is 2. The minimum absolute atomic E-state index is 0.0124. The topological polar surface area (TPSA) is 110 Å². The van der Waals surface area contributed by atoms with Gasteiger partial charge in [-0.15, -0.1) is 0 Å². The molecule has 0 spiro atoms. The third-order valence-corrected chi connectivity index (χ3v) is 6.90. The number of likely N-dealkylation sites (N-methyl/N-ethyl adjacent to an activating group) is 1. The van der Waals surface area contributed by atoms with Crippen LogP contribution >= 0.6 is 0 Å². The van der Waals surface area contributed by atoms with Gasteiger partial charge in [0.15, 0.2) is 11.6 Å². The second-order valence-corrected chi connectivity index (χ2v) is 9.77. The monoisotopic (exact) mass is 495 g/mol. The zero-order valence-electron chi connectivity index (χ0n) is 22.2. The highest BCUT2D eigenvalue weighted by molar-refractivity contribution is 6.13. The second kappa shape index (κ2) is 13.3. The van der Waals surface area contributed by atoms with Crippen molar-refractivity contribution in [3.8, 4) is 5.88 Å². The molecule has 0 unspecified atom stereocenters. The molecule has 3 N–H and O–H groups in total. The zero-order valence-corrected chi connectivity index (χ0v) is 22.2. The van der Waals surface area contributed by atoms with Crippen molar-refractivity contribution in [3.63, 3.8) is 0 Å². The van der Waals surface area contributed by atoms with Crippen molar-refractivity contribution >= 4 is 23.1 Å². The first-order chi connectivity index (χ1) is 17.3. The van der Waals surface area contributed by atoms with Gasteiger partial charge in [0.2, 0.25) is 5.88 Å². The summed E-state index contributed by atoms with van der Waals surface area (Å²) in [5.41, 5.74) is 8.13. The summed E-state index contributed by atoms with van der Waals surface area (Å²) < 4.78 is 6.10. The molecule has 1 aliphatic heterocycles. The van der Waals surface area contributed by atoms with Gasteiger partial charge in [-0.1, -0.05) is 31.9 Å². The van der Waals surface area contributed by atoms with E-state index in [1.54, 1.807) is 6.07 Å². The fourth-order valence-corrected chi connectivity index (χ4v) is 4.79. The van der Waals surface area contributed by atoms with Crippen LogP contribution in [0, 0.1) is 5.92 Å². The van der Waals surface area contributed by atoms with Crippen LogP contribution in [0.4, 0.5) is 5.82 Å². The zero-order chi connectivity index (χ0) is 26.1. The van der Waals surface area contributed by atoms with E-state index in [0.29, 0.717) is 49.2 Å². The predicted molar refractivity (Wildman–Crippen MR) is 143 cm³/mol. The van der Waals surface area contributed by atoms with Crippen LogP contribution in [0.25, 0.3) is 5.70 Å². The van der Waals surface area contributed by atoms with Gasteiger partial charge in [-0.05, 0) is 65.6 Å². The average Bonchev–Trinajstić information content (AvgIpc) is 3.28. The maximum absolute atomic E-state index is 13.4. The highest BCUT2D eigenvalue weighted by Crippen LogP contribution is 2.29. The lowest BCUT2D eigenvalue weighted by atomic mass is 9.81. The molecule has 1 aliphatic carbocycles. The van der Waals surface area contributed by atoms with Gasteiger partial charge in [0.1, 0.15) is 18.2 Å². The Morgan fingerprint density at radius 1 is 1.28 bits per heavy atom. The number of ether oxygens (including phenoxy) is 1. The van der Waals surface area contributed by atoms with Gasteiger partial charge in [-0.3, -0.25) is 9.59 Å². The lowest BCUT2D eigenvalue weighted by Crippen LogP contribution is -2.31. The quantitative estimate of drug-likeness (QED) is 0.259. The molecule has 2 atom stereocenters. The van der Waals surface area contributed by atoms with E-state index in [2.05, 4.69) is 27.2 Å². The van der Waals surface area contributed by atoms with E-state index in [0.717, 1.165) is 44.3 Å². The smallest absolute Gasteiger partial charge is 0.219 e. The van der Waals surface area contributed by atoms with E-state index in [9.17, 15) is 9.59 Å². The van der Waals surface area contributed by atoms with Crippen molar-refractivity contribution in [2.24, 2.45) is 11.7 Å². The Labute approximate surface area is 215 Å². The Morgan fingerprint density at radius 2 is 2.08 bits per heavy atom. The summed E-state index contributed by atoms with van der Waals surface area (Å²) in [6.45, 7) is 7.46. The number of hydrogen-bond acceptors (Lipinski definition) is 8. The number of likely N-dealkylation sites (tertiary alicyclic amines) is 1. The molecule has 0 amide bonds. The van der Waals surface area contributed by atoms with Gasteiger partial charge in [0, 0.05) is 29.8 Å². The fourth-order valence-electron chi connectivity index (χ4n) is 4.79. The molecule has 0 radical (unpaired) electrons. The molecule has 1 aromatic rings. The lowest BCUT2D eigenvalue weighted by molar-refractivity contribution is -0.132. The van der Waals surface area contributed by atoms with Crippen molar-refractivity contribution in [2.75, 3.05) is 25.5 Å². The molecular formula is C28H41N5O3. The summed E-state index contributed by atoms with van der Waals surface area (Å²) in [6, 6.07) is 2.09. The molecule has 1 saturated heterocycles. The van der Waals surface area contributed by atoms with Gasteiger partial charge >= 0.3 is 0 Å². The third kappa shape index (κ3) is 7.26. The molecule has 8 nitrogen and oxygen atoms in total. The van der Waals surface area contributed by atoms with Gasteiger partial charge in [0.25, 0.3) is 0 Å². The largest absolute Gasteiger partial charge is 0.476 e. The number of nitrogens with two attached hydrogens (primary N) is 1. The minimum Gasteiger partial charge on any atom is -0.476 e. The van der Waals surface area contributed by atoms with Crippen LogP contribution in [0.3, 0.4) is 0 Å². The predicted octanol–water partition coefficient (Wildman–Crippen LogP) is 4.64. The lowest BCUT2D eigenvalue weighted by Gasteiger charge is -2.22. The summed E-state index contributed by atoms with van der Waals surface area (Å²) in [4.78, 5) is 37.4. The summed E-state index contributed by atoms with van der Waals surface area (Å²) in [5.74, 6) is 0.404. The fraction of sp³-hybridized carbons (Fsp3) is 0.571. The molecule has 3 rings (SSSR count). The Morgan fingerprint density at radius 3 is 2.75 bits per heavy atom. The van der Waals surface area contributed by atoms with Gasteiger partial charge in [-0.2, -0.15) is 4.98 Å². The molecule has 0 bridgehead atoms. The van der Waals surface area contributed by atoms with Crippen molar-refractivity contribution in [1.29, 1.82) is 0 Å². The Hall–Kier alpha value is -3.00. The van der Waals surface area contributed by atoms with Crippen LogP contribution in [0.15, 0.2) is 35.6 Å². The summed E-state index contributed by atoms with van der Waals surface area (Å²) >= 11 is 0. The Balaban J connectivity index is 1.96. The molecule has 1 saturated carbocycles. The molecule has 1 aromatic heterocycles. The van der Waals surface area contributed by atoms with E-state index in [4.69, 9.17) is 10.5 Å². The number of nitrogens with zero attached hydrogens (tertiary/aromatic N) is 3. The first-order valence-electron chi connectivity index (χ1n) is 13.2. The first-order valence-corrected chi connectivity index (χ1v) is 13.2. The van der Waals surface area contributed by atoms with E-state index < -0.39 is 5.92 Å². The Bertz CT molecular complexity index is 1030. The number of aromatic nitrogens is 2. The van der Waals surface area contributed by atoms with Crippen LogP contribution in [-0.2, 0) is 9.59 Å². The van der Waals surface area contributed by atoms with E-state index in [1.165, 1.54) is 0 Å². The van der Waals surface area contributed by atoms with Crippen LogP contribution in [-0.4, -0.2) is 52.7 Å². The summed E-state index contributed by atoms with van der Waals surface area (Å²) in [5, 5.41) is 3.27. The van der Waals surface area contributed by atoms with E-state index in [-0.39, 0.29) is 23.1 Å². The minimum atomic E-state index is -0.611. The number of carbonyl (C=O) groups is 2. The molecule has 8 heteroatoms. The van der Waals surface area contributed by atoms with Gasteiger partial charge in [0.05, 0.1) is 11.6 Å². The number of carbonyl (C=O) groups excluding carboxylic acids is 2. The molecule has 36 heavy (non-hydrogen) atoms. The number of anilines is 1. The highest BCUT2D eigenvalue weighted by atomic mass is 16.5. The molecule has 2 heterocycles. The van der Waals surface area contributed by atoms with Crippen LogP contribution in [0.1, 0.15) is 78.0 Å². The van der Waals surface area contributed by atoms with Crippen LogP contribution < -0.4 is 15.8 Å². The average molecular weight is 496 g/mol. The molecular weight excluding hydrogens is 454 g/mol. The van der Waals surface area contributed by atoms with Gasteiger partial charge < -0.3 is 20.7 Å².